The third-order valence-corrected chi connectivity index (χ3v) is 3.94. The van der Waals surface area contributed by atoms with E-state index in [0.29, 0.717) is 19.0 Å². The molecule has 0 fully saturated rings. The van der Waals surface area contributed by atoms with Crippen LogP contribution in [0.15, 0.2) is 23.2 Å². The first-order chi connectivity index (χ1) is 9.10. The van der Waals surface area contributed by atoms with Crippen LogP contribution in [0.3, 0.4) is 0 Å². The van der Waals surface area contributed by atoms with E-state index in [1.165, 1.54) is 18.3 Å². The largest absolute Gasteiger partial charge is 0.380 e. The Morgan fingerprint density at radius 3 is 2.84 bits per heavy atom. The number of sulfonamides is 1. The van der Waals surface area contributed by atoms with Gasteiger partial charge in [-0.1, -0.05) is 13.3 Å². The van der Waals surface area contributed by atoms with Crippen molar-refractivity contribution in [1.82, 2.24) is 9.71 Å². The first-order valence-electron chi connectivity index (χ1n) is 6.31. The van der Waals surface area contributed by atoms with E-state index in [9.17, 15) is 8.42 Å². The summed E-state index contributed by atoms with van der Waals surface area (Å²) in [7, 11) is -1.81. The maximum Gasteiger partial charge on any atom is 0.240 e. The molecule has 108 valence electrons. The number of ether oxygens (including phenoxy) is 1. The average Bonchev–Trinajstić information content (AvgIpc) is 2.43. The number of nitrogens with one attached hydrogen (secondary N) is 2. The van der Waals surface area contributed by atoms with Crippen molar-refractivity contribution in [3.8, 4) is 0 Å². The maximum absolute atomic E-state index is 12.0. The minimum Gasteiger partial charge on any atom is -0.380 e. The van der Waals surface area contributed by atoms with Crippen molar-refractivity contribution in [2.45, 2.75) is 24.7 Å². The lowest BCUT2D eigenvalue weighted by Crippen LogP contribution is -2.27. The molecule has 1 heterocycles. The van der Waals surface area contributed by atoms with Crippen molar-refractivity contribution in [2.24, 2.45) is 0 Å². The Balaban J connectivity index is 2.46. The second kappa shape index (κ2) is 8.08. The van der Waals surface area contributed by atoms with Crippen LogP contribution in [0.4, 0.5) is 5.82 Å². The van der Waals surface area contributed by atoms with E-state index in [1.807, 2.05) is 0 Å². The number of pyridine rings is 1. The molecule has 0 spiro atoms. The van der Waals surface area contributed by atoms with Gasteiger partial charge in [-0.15, -0.1) is 0 Å². The molecule has 6 nitrogen and oxygen atoms in total. The Morgan fingerprint density at radius 1 is 1.37 bits per heavy atom. The Kier molecular flexibility index (Phi) is 6.75. The zero-order valence-electron chi connectivity index (χ0n) is 11.3. The van der Waals surface area contributed by atoms with Crippen molar-refractivity contribution in [3.63, 3.8) is 0 Å². The molecule has 1 aromatic heterocycles. The zero-order chi connectivity index (χ0) is 14.1. The molecule has 0 saturated heterocycles. The molecule has 2 N–H and O–H groups in total. The van der Waals surface area contributed by atoms with E-state index in [-0.39, 0.29) is 11.4 Å². The third kappa shape index (κ3) is 5.54. The van der Waals surface area contributed by atoms with Gasteiger partial charge >= 0.3 is 0 Å². The van der Waals surface area contributed by atoms with E-state index in [1.54, 1.807) is 7.05 Å². The van der Waals surface area contributed by atoms with Gasteiger partial charge in [0.1, 0.15) is 5.82 Å². The minimum absolute atomic E-state index is 0.195. The molecular weight excluding hydrogens is 266 g/mol. The molecule has 1 aromatic rings. The van der Waals surface area contributed by atoms with Crippen molar-refractivity contribution in [1.29, 1.82) is 0 Å². The van der Waals surface area contributed by atoms with E-state index >= 15 is 0 Å². The number of aromatic nitrogens is 1. The molecule has 0 bridgehead atoms. The van der Waals surface area contributed by atoms with Crippen LogP contribution < -0.4 is 10.0 Å². The monoisotopic (exact) mass is 287 g/mol. The van der Waals surface area contributed by atoms with Crippen LogP contribution in [0.5, 0.6) is 0 Å². The fourth-order valence-corrected chi connectivity index (χ4v) is 2.42. The van der Waals surface area contributed by atoms with Crippen LogP contribution in [0.2, 0.25) is 0 Å². The highest BCUT2D eigenvalue weighted by Gasteiger charge is 2.13. The first kappa shape index (κ1) is 15.9. The van der Waals surface area contributed by atoms with E-state index in [2.05, 4.69) is 21.9 Å². The highest BCUT2D eigenvalue weighted by molar-refractivity contribution is 7.89. The summed E-state index contributed by atoms with van der Waals surface area (Å²) < 4.78 is 31.7. The van der Waals surface area contributed by atoms with Gasteiger partial charge < -0.3 is 10.1 Å². The predicted molar refractivity (Wildman–Crippen MR) is 74.7 cm³/mol. The van der Waals surface area contributed by atoms with Gasteiger partial charge in [0.2, 0.25) is 10.0 Å². The number of anilines is 1. The normalized spacial score (nSPS) is 11.5. The topological polar surface area (TPSA) is 80.3 Å². The molecule has 0 aliphatic heterocycles. The summed E-state index contributed by atoms with van der Waals surface area (Å²) in [4.78, 5) is 4.17. The molecule has 0 aliphatic carbocycles. The molecule has 0 aliphatic rings. The molecule has 19 heavy (non-hydrogen) atoms. The van der Waals surface area contributed by atoms with Gasteiger partial charge in [-0.3, -0.25) is 0 Å². The first-order valence-corrected chi connectivity index (χ1v) is 7.79. The van der Waals surface area contributed by atoms with Crippen molar-refractivity contribution in [2.75, 3.05) is 32.1 Å². The summed E-state index contributed by atoms with van der Waals surface area (Å²) in [5.74, 6) is 0.516. The Morgan fingerprint density at radius 2 is 2.16 bits per heavy atom. The van der Waals surface area contributed by atoms with Crippen molar-refractivity contribution >= 4 is 15.8 Å². The minimum atomic E-state index is -3.50. The number of nitrogens with zero attached hydrogens (tertiary/aromatic N) is 1. The van der Waals surface area contributed by atoms with Crippen LogP contribution in [-0.4, -0.2) is 40.2 Å². The number of unbranched alkanes of at least 4 members (excludes halogenated alkanes) is 1. The number of hydrogen-bond donors (Lipinski definition) is 2. The Labute approximate surface area is 114 Å². The van der Waals surface area contributed by atoms with Gasteiger partial charge in [-0.2, -0.15) is 0 Å². The van der Waals surface area contributed by atoms with E-state index < -0.39 is 10.0 Å². The second-order valence-corrected chi connectivity index (χ2v) is 5.76. The molecule has 0 unspecified atom stereocenters. The van der Waals surface area contributed by atoms with E-state index in [4.69, 9.17) is 4.74 Å². The quantitative estimate of drug-likeness (QED) is 0.667. The lowest BCUT2D eigenvalue weighted by Gasteiger charge is -2.08. The highest BCUT2D eigenvalue weighted by atomic mass is 32.2. The molecule has 0 amide bonds. The lowest BCUT2D eigenvalue weighted by molar-refractivity contribution is 0.136. The summed E-state index contributed by atoms with van der Waals surface area (Å²) in [6.45, 7) is 3.39. The molecule has 0 saturated carbocycles. The summed E-state index contributed by atoms with van der Waals surface area (Å²) >= 11 is 0. The third-order valence-electron chi connectivity index (χ3n) is 2.48. The maximum atomic E-state index is 12.0. The van der Waals surface area contributed by atoms with Crippen LogP contribution >= 0.6 is 0 Å². The van der Waals surface area contributed by atoms with Gasteiger partial charge in [-0.25, -0.2) is 18.1 Å². The van der Waals surface area contributed by atoms with Gasteiger partial charge in [0.25, 0.3) is 0 Å². The SMILES string of the molecule is CCCCOCCNS(=O)(=O)c1ccnc(NC)c1. The second-order valence-electron chi connectivity index (χ2n) is 3.99. The molecule has 0 aromatic carbocycles. The zero-order valence-corrected chi connectivity index (χ0v) is 12.2. The van der Waals surface area contributed by atoms with Gasteiger partial charge in [0.05, 0.1) is 11.5 Å². The van der Waals surface area contributed by atoms with Gasteiger partial charge in [0.15, 0.2) is 0 Å². The molecule has 7 heteroatoms. The van der Waals surface area contributed by atoms with E-state index in [0.717, 1.165) is 12.8 Å². The molecule has 1 rings (SSSR count). The van der Waals surface area contributed by atoms with Crippen LogP contribution in [-0.2, 0) is 14.8 Å². The number of rotatable bonds is 9. The highest BCUT2D eigenvalue weighted by Crippen LogP contribution is 2.11. The van der Waals surface area contributed by atoms with Gasteiger partial charge in [0, 0.05) is 32.5 Å². The summed E-state index contributed by atoms with van der Waals surface area (Å²) in [6, 6.07) is 2.95. The Bertz CT molecular complexity index is 477. The van der Waals surface area contributed by atoms with Crippen molar-refractivity contribution < 1.29 is 13.2 Å². The smallest absolute Gasteiger partial charge is 0.240 e. The van der Waals surface area contributed by atoms with Gasteiger partial charge in [-0.05, 0) is 12.5 Å². The Hall–Kier alpha value is -1.18. The average molecular weight is 287 g/mol. The molecular formula is C12H21N3O3S. The molecule has 0 radical (unpaired) electrons. The van der Waals surface area contributed by atoms with Crippen LogP contribution in [0.1, 0.15) is 19.8 Å². The van der Waals surface area contributed by atoms with Crippen LogP contribution in [0, 0.1) is 0 Å². The fraction of sp³-hybridized carbons (Fsp3) is 0.583. The summed E-state index contributed by atoms with van der Waals surface area (Å²) in [5.41, 5.74) is 0. The predicted octanol–water partition coefficient (Wildman–Crippen LogP) is 1.22. The standard InChI is InChI=1S/C12H21N3O3S/c1-3-4-8-18-9-7-15-19(16,17)11-5-6-14-12(10-11)13-2/h5-6,10,15H,3-4,7-9H2,1-2H3,(H,13,14). The summed E-state index contributed by atoms with van der Waals surface area (Å²) in [6.07, 6.45) is 3.51. The van der Waals surface area contributed by atoms with Crippen molar-refractivity contribution in [3.05, 3.63) is 18.3 Å². The summed E-state index contributed by atoms with van der Waals surface area (Å²) in [5, 5.41) is 2.80. The number of hydrogen-bond acceptors (Lipinski definition) is 5. The fourth-order valence-electron chi connectivity index (χ4n) is 1.40. The van der Waals surface area contributed by atoms with Crippen LogP contribution in [0.25, 0.3) is 0 Å². The molecule has 0 atom stereocenters. The lowest BCUT2D eigenvalue weighted by atomic mass is 10.4.